The SMILES string of the molecule is CCCOc1ncc(NC(=O)C2(c3ccc(F)cc3)CCCC2)cc1C. The quantitative estimate of drug-likeness (QED) is 0.811. The molecular weight excluding hydrogens is 331 g/mol. The Hall–Kier alpha value is -2.43. The fourth-order valence-electron chi connectivity index (χ4n) is 3.63. The second-order valence-electron chi connectivity index (χ2n) is 6.94. The van der Waals surface area contributed by atoms with Gasteiger partial charge in [-0.05, 0) is 49.9 Å². The van der Waals surface area contributed by atoms with Crippen molar-refractivity contribution in [3.63, 3.8) is 0 Å². The molecule has 0 unspecified atom stereocenters. The van der Waals surface area contributed by atoms with E-state index in [-0.39, 0.29) is 11.7 Å². The lowest BCUT2D eigenvalue weighted by Crippen LogP contribution is -2.38. The number of halogens is 1. The maximum Gasteiger partial charge on any atom is 0.235 e. The van der Waals surface area contributed by atoms with Crippen LogP contribution in [0.25, 0.3) is 0 Å². The highest BCUT2D eigenvalue weighted by atomic mass is 19.1. The third kappa shape index (κ3) is 3.71. The van der Waals surface area contributed by atoms with E-state index in [0.29, 0.717) is 18.2 Å². The highest BCUT2D eigenvalue weighted by Gasteiger charge is 2.42. The van der Waals surface area contributed by atoms with Gasteiger partial charge in [-0.15, -0.1) is 0 Å². The maximum atomic E-state index is 13.3. The van der Waals surface area contributed by atoms with Gasteiger partial charge in [0.15, 0.2) is 0 Å². The summed E-state index contributed by atoms with van der Waals surface area (Å²) in [5.41, 5.74) is 1.82. The van der Waals surface area contributed by atoms with Crippen molar-refractivity contribution in [1.82, 2.24) is 4.98 Å². The molecule has 0 aliphatic heterocycles. The number of anilines is 1. The molecule has 1 saturated carbocycles. The molecular formula is C21H25FN2O2. The number of nitrogens with one attached hydrogen (secondary N) is 1. The molecule has 1 amide bonds. The lowest BCUT2D eigenvalue weighted by Gasteiger charge is -2.28. The summed E-state index contributed by atoms with van der Waals surface area (Å²) in [4.78, 5) is 17.4. The van der Waals surface area contributed by atoms with E-state index in [1.54, 1.807) is 18.3 Å². The number of nitrogens with zero attached hydrogens (tertiary/aromatic N) is 1. The highest BCUT2D eigenvalue weighted by Crippen LogP contribution is 2.42. The average Bonchev–Trinajstić information content (AvgIpc) is 3.13. The van der Waals surface area contributed by atoms with Gasteiger partial charge in [-0.3, -0.25) is 4.79 Å². The van der Waals surface area contributed by atoms with E-state index in [9.17, 15) is 9.18 Å². The Kier molecular flexibility index (Phi) is 5.55. The number of carbonyl (C=O) groups is 1. The van der Waals surface area contributed by atoms with Gasteiger partial charge in [-0.1, -0.05) is 31.9 Å². The van der Waals surface area contributed by atoms with Crippen LogP contribution in [0.5, 0.6) is 5.88 Å². The molecule has 1 aromatic carbocycles. The van der Waals surface area contributed by atoms with E-state index >= 15 is 0 Å². The third-order valence-electron chi connectivity index (χ3n) is 5.02. The fraction of sp³-hybridized carbons (Fsp3) is 0.429. The minimum Gasteiger partial charge on any atom is -0.477 e. The van der Waals surface area contributed by atoms with Crippen molar-refractivity contribution in [1.29, 1.82) is 0 Å². The highest BCUT2D eigenvalue weighted by molar-refractivity contribution is 5.99. The van der Waals surface area contributed by atoms with Gasteiger partial charge >= 0.3 is 0 Å². The first-order valence-corrected chi connectivity index (χ1v) is 9.22. The lowest BCUT2D eigenvalue weighted by atomic mass is 9.78. The van der Waals surface area contributed by atoms with Gasteiger partial charge < -0.3 is 10.1 Å². The van der Waals surface area contributed by atoms with Crippen LogP contribution in [0.15, 0.2) is 36.5 Å². The van der Waals surface area contributed by atoms with Crippen LogP contribution in [0.2, 0.25) is 0 Å². The van der Waals surface area contributed by atoms with Crippen molar-refractivity contribution in [2.75, 3.05) is 11.9 Å². The van der Waals surface area contributed by atoms with Gasteiger partial charge in [-0.2, -0.15) is 0 Å². The molecule has 5 heteroatoms. The molecule has 1 heterocycles. The minimum atomic E-state index is -0.598. The van der Waals surface area contributed by atoms with E-state index in [0.717, 1.165) is 43.2 Å². The molecule has 0 saturated heterocycles. The van der Waals surface area contributed by atoms with Gasteiger partial charge in [0.2, 0.25) is 11.8 Å². The largest absolute Gasteiger partial charge is 0.477 e. The number of aromatic nitrogens is 1. The van der Waals surface area contributed by atoms with E-state index in [1.807, 2.05) is 19.9 Å². The van der Waals surface area contributed by atoms with Crippen molar-refractivity contribution in [2.24, 2.45) is 0 Å². The summed E-state index contributed by atoms with van der Waals surface area (Å²) in [6.07, 6.45) is 6.07. The summed E-state index contributed by atoms with van der Waals surface area (Å²) in [6, 6.07) is 8.18. The van der Waals surface area contributed by atoms with Crippen LogP contribution in [0.1, 0.15) is 50.2 Å². The van der Waals surface area contributed by atoms with Crippen LogP contribution in [0.4, 0.5) is 10.1 Å². The number of aryl methyl sites for hydroxylation is 1. The van der Waals surface area contributed by atoms with E-state index < -0.39 is 5.41 Å². The normalized spacial score (nSPS) is 15.7. The molecule has 2 aromatic rings. The number of hydrogen-bond acceptors (Lipinski definition) is 3. The first kappa shape index (κ1) is 18.4. The Morgan fingerprint density at radius 3 is 2.58 bits per heavy atom. The zero-order valence-electron chi connectivity index (χ0n) is 15.3. The van der Waals surface area contributed by atoms with Crippen molar-refractivity contribution >= 4 is 11.6 Å². The zero-order chi connectivity index (χ0) is 18.6. The summed E-state index contributed by atoms with van der Waals surface area (Å²) in [5, 5.41) is 3.01. The van der Waals surface area contributed by atoms with Crippen LogP contribution < -0.4 is 10.1 Å². The van der Waals surface area contributed by atoms with Gasteiger partial charge in [-0.25, -0.2) is 9.37 Å². The first-order valence-electron chi connectivity index (χ1n) is 9.22. The molecule has 1 fully saturated rings. The Bertz CT molecular complexity index is 768. The summed E-state index contributed by atoms with van der Waals surface area (Å²) >= 11 is 0. The predicted molar refractivity (Wildman–Crippen MR) is 99.9 cm³/mol. The van der Waals surface area contributed by atoms with Crippen LogP contribution in [-0.4, -0.2) is 17.5 Å². The molecule has 0 spiro atoms. The van der Waals surface area contributed by atoms with Crippen LogP contribution in [0.3, 0.4) is 0 Å². The molecule has 3 rings (SSSR count). The van der Waals surface area contributed by atoms with Crippen molar-refractivity contribution < 1.29 is 13.9 Å². The average molecular weight is 356 g/mol. The summed E-state index contributed by atoms with van der Waals surface area (Å²) in [5.74, 6) is 0.258. The number of hydrogen-bond donors (Lipinski definition) is 1. The minimum absolute atomic E-state index is 0.0509. The number of ether oxygens (including phenoxy) is 1. The van der Waals surface area contributed by atoms with Gasteiger partial charge in [0.05, 0.1) is 23.9 Å². The molecule has 1 N–H and O–H groups in total. The standard InChI is InChI=1S/C21H25FN2O2/c1-3-12-26-19-15(2)13-18(14-23-19)24-20(25)21(10-4-5-11-21)16-6-8-17(22)9-7-16/h6-9,13-14H,3-5,10-12H2,1-2H3,(H,24,25). The van der Waals surface area contributed by atoms with E-state index in [2.05, 4.69) is 10.3 Å². The fourth-order valence-corrected chi connectivity index (χ4v) is 3.63. The van der Waals surface area contributed by atoms with Crippen LogP contribution in [0, 0.1) is 12.7 Å². The molecule has 0 atom stereocenters. The number of carbonyl (C=O) groups excluding carboxylic acids is 1. The molecule has 0 radical (unpaired) electrons. The van der Waals surface area contributed by atoms with Crippen molar-refractivity contribution in [2.45, 2.75) is 51.4 Å². The maximum absolute atomic E-state index is 13.3. The summed E-state index contributed by atoms with van der Waals surface area (Å²) < 4.78 is 18.9. The Morgan fingerprint density at radius 1 is 1.27 bits per heavy atom. The molecule has 1 aliphatic rings. The second kappa shape index (κ2) is 7.85. The second-order valence-corrected chi connectivity index (χ2v) is 6.94. The van der Waals surface area contributed by atoms with Crippen molar-refractivity contribution in [3.05, 3.63) is 53.5 Å². The van der Waals surface area contributed by atoms with Gasteiger partial charge in [0.1, 0.15) is 5.82 Å². The molecule has 4 nitrogen and oxygen atoms in total. The monoisotopic (exact) mass is 356 g/mol. The van der Waals surface area contributed by atoms with Gasteiger partial charge in [0, 0.05) is 5.56 Å². The smallest absolute Gasteiger partial charge is 0.235 e. The number of amides is 1. The zero-order valence-corrected chi connectivity index (χ0v) is 15.3. The Morgan fingerprint density at radius 2 is 1.96 bits per heavy atom. The predicted octanol–water partition coefficient (Wildman–Crippen LogP) is 4.77. The Balaban J connectivity index is 1.81. The van der Waals surface area contributed by atoms with E-state index in [1.165, 1.54) is 12.1 Å². The Labute approximate surface area is 153 Å². The topological polar surface area (TPSA) is 51.2 Å². The molecule has 26 heavy (non-hydrogen) atoms. The molecule has 1 aromatic heterocycles. The van der Waals surface area contributed by atoms with Gasteiger partial charge in [0.25, 0.3) is 0 Å². The molecule has 1 aliphatic carbocycles. The molecule has 138 valence electrons. The first-order chi connectivity index (χ1) is 12.5. The van der Waals surface area contributed by atoms with Crippen LogP contribution >= 0.6 is 0 Å². The molecule has 0 bridgehead atoms. The summed E-state index contributed by atoms with van der Waals surface area (Å²) in [7, 11) is 0. The number of benzene rings is 1. The lowest BCUT2D eigenvalue weighted by molar-refractivity contribution is -0.121. The number of pyridine rings is 1. The van der Waals surface area contributed by atoms with E-state index in [4.69, 9.17) is 4.74 Å². The van der Waals surface area contributed by atoms with Crippen molar-refractivity contribution in [3.8, 4) is 5.88 Å². The summed E-state index contributed by atoms with van der Waals surface area (Å²) in [6.45, 7) is 4.58. The number of rotatable bonds is 6. The third-order valence-corrected chi connectivity index (χ3v) is 5.02. The van der Waals surface area contributed by atoms with Crippen LogP contribution in [-0.2, 0) is 10.2 Å².